The van der Waals surface area contributed by atoms with E-state index in [1.807, 2.05) is 79.7 Å². The van der Waals surface area contributed by atoms with Crippen LogP contribution in [-0.2, 0) is 39.5 Å². The quantitative estimate of drug-likeness (QED) is 0.0725. The van der Waals surface area contributed by atoms with Crippen LogP contribution in [0.25, 0.3) is 0 Å². The molecule has 3 amide bonds. The SMILES string of the molecule is CCOc1ccc2c(c1)CC(NCCCCO)C(=O)N2c1cccc(CN2C(=O)[C@@](O)([C@@H](C)/C=C/CC(=O)N(CCO)Cc3ccccc3)c3cc(OC)ccc32)c1. The topological polar surface area (TPSA) is 152 Å². The van der Waals surface area contributed by atoms with E-state index in [1.54, 1.807) is 52.0 Å². The minimum Gasteiger partial charge on any atom is -0.497 e. The van der Waals surface area contributed by atoms with Crippen molar-refractivity contribution in [2.24, 2.45) is 5.92 Å². The third kappa shape index (κ3) is 9.11. The predicted molar refractivity (Wildman–Crippen MR) is 223 cm³/mol. The van der Waals surface area contributed by atoms with Gasteiger partial charge in [-0.25, -0.2) is 0 Å². The number of fused-ring (bicyclic) bond motifs is 2. The zero-order chi connectivity index (χ0) is 41.2. The van der Waals surface area contributed by atoms with Crippen LogP contribution in [0, 0.1) is 5.92 Å². The fourth-order valence-electron chi connectivity index (χ4n) is 7.77. The first-order valence-corrected chi connectivity index (χ1v) is 20.0. The maximum atomic E-state index is 14.5. The highest BCUT2D eigenvalue weighted by Crippen LogP contribution is 2.47. The molecular formula is C46H54N4O8. The Morgan fingerprint density at radius 3 is 2.45 bits per heavy atom. The van der Waals surface area contributed by atoms with Gasteiger partial charge in [0.1, 0.15) is 11.5 Å². The number of rotatable bonds is 19. The van der Waals surface area contributed by atoms with Gasteiger partial charge in [0.15, 0.2) is 5.60 Å². The molecule has 12 nitrogen and oxygen atoms in total. The summed E-state index contributed by atoms with van der Waals surface area (Å²) in [5, 5.41) is 34.7. The van der Waals surface area contributed by atoms with Crippen LogP contribution in [0.1, 0.15) is 55.4 Å². The number of hydrogen-bond donors (Lipinski definition) is 4. The fraction of sp³-hybridized carbons (Fsp3) is 0.370. The van der Waals surface area contributed by atoms with Crippen LogP contribution in [0.4, 0.5) is 17.1 Å². The number of nitrogens with one attached hydrogen (secondary N) is 1. The van der Waals surface area contributed by atoms with Gasteiger partial charge in [0.25, 0.3) is 5.91 Å². The molecule has 4 aromatic carbocycles. The van der Waals surface area contributed by atoms with Crippen molar-refractivity contribution in [2.45, 2.75) is 64.3 Å². The zero-order valence-corrected chi connectivity index (χ0v) is 33.5. The average molecular weight is 791 g/mol. The number of unbranched alkanes of at least 4 members (excludes halogenated alkanes) is 1. The summed E-state index contributed by atoms with van der Waals surface area (Å²) in [6.45, 7) is 5.32. The van der Waals surface area contributed by atoms with Crippen LogP contribution in [-0.4, -0.2) is 84.0 Å². The second kappa shape index (κ2) is 19.3. The first-order valence-electron chi connectivity index (χ1n) is 20.0. The molecule has 4 aromatic rings. The van der Waals surface area contributed by atoms with Gasteiger partial charge in [-0.05, 0) is 98.0 Å². The summed E-state index contributed by atoms with van der Waals surface area (Å²) >= 11 is 0. The van der Waals surface area contributed by atoms with Gasteiger partial charge in [-0.1, -0.05) is 61.5 Å². The molecule has 306 valence electrons. The van der Waals surface area contributed by atoms with Gasteiger partial charge in [0, 0.05) is 43.3 Å². The number of anilines is 3. The molecule has 3 atom stereocenters. The lowest BCUT2D eigenvalue weighted by Crippen LogP contribution is -2.49. The van der Waals surface area contributed by atoms with Crippen molar-refractivity contribution in [3.8, 4) is 11.5 Å². The van der Waals surface area contributed by atoms with Crippen LogP contribution in [0.3, 0.4) is 0 Å². The zero-order valence-electron chi connectivity index (χ0n) is 33.5. The molecule has 0 aromatic heterocycles. The third-order valence-corrected chi connectivity index (χ3v) is 10.8. The Hall–Kier alpha value is -5.53. The maximum absolute atomic E-state index is 14.5. The molecule has 6 rings (SSSR count). The van der Waals surface area contributed by atoms with Crippen LogP contribution in [0.5, 0.6) is 11.5 Å². The standard InChI is InChI=1S/C46H54N4O8/c1-4-58-38-19-20-41-35(27-38)28-40(47-22-8-9-24-51)44(54)50(41)36-16-11-15-34(26-36)31-49-42-21-18-37(57-3)29-39(42)46(56,45(49)55)32(2)12-10-17-43(53)48(23-25-52)30-33-13-6-5-7-14-33/h5-7,10-16,18-21,26-27,29,32,40,47,51-52,56H,4,8-9,17,22-25,28,30-31H2,1-3H3/b12-10+/t32-,40?,46+/m0/s1. The van der Waals surface area contributed by atoms with E-state index < -0.39 is 23.5 Å². The molecule has 0 saturated heterocycles. The number of aliphatic hydroxyl groups excluding tert-OH is 2. The monoisotopic (exact) mass is 790 g/mol. The number of hydrogen-bond acceptors (Lipinski definition) is 9. The van der Waals surface area contributed by atoms with Crippen molar-refractivity contribution in [1.82, 2.24) is 10.2 Å². The molecule has 0 bridgehead atoms. The van der Waals surface area contributed by atoms with E-state index in [2.05, 4.69) is 5.32 Å². The van der Waals surface area contributed by atoms with Crippen molar-refractivity contribution in [3.63, 3.8) is 0 Å². The highest BCUT2D eigenvalue weighted by Gasteiger charge is 2.52. The lowest BCUT2D eigenvalue weighted by molar-refractivity contribution is -0.139. The number of carbonyl (C=O) groups excluding carboxylic acids is 3. The molecule has 2 aliphatic heterocycles. The molecule has 12 heteroatoms. The molecule has 0 saturated carbocycles. The number of carbonyl (C=O) groups is 3. The van der Waals surface area contributed by atoms with E-state index in [0.717, 1.165) is 34.5 Å². The molecular weight excluding hydrogens is 737 g/mol. The van der Waals surface area contributed by atoms with E-state index >= 15 is 0 Å². The van der Waals surface area contributed by atoms with E-state index in [1.165, 1.54) is 7.11 Å². The highest BCUT2D eigenvalue weighted by atomic mass is 16.5. The second-order valence-electron chi connectivity index (χ2n) is 14.7. The lowest BCUT2D eigenvalue weighted by Gasteiger charge is -2.35. The van der Waals surface area contributed by atoms with E-state index in [9.17, 15) is 29.7 Å². The number of aliphatic hydroxyl groups is 3. The van der Waals surface area contributed by atoms with Gasteiger partial charge in [0.05, 0.1) is 44.3 Å². The van der Waals surface area contributed by atoms with E-state index in [-0.39, 0.29) is 44.5 Å². The molecule has 2 heterocycles. The maximum Gasteiger partial charge on any atom is 0.264 e. The highest BCUT2D eigenvalue weighted by molar-refractivity contribution is 6.08. The first-order chi connectivity index (χ1) is 28.1. The number of amides is 3. The molecule has 2 aliphatic rings. The predicted octanol–water partition coefficient (Wildman–Crippen LogP) is 5.38. The minimum atomic E-state index is -1.97. The summed E-state index contributed by atoms with van der Waals surface area (Å²) in [5.41, 5.74) is 2.98. The Balaban J connectivity index is 1.25. The van der Waals surface area contributed by atoms with Crippen LogP contribution >= 0.6 is 0 Å². The summed E-state index contributed by atoms with van der Waals surface area (Å²) in [4.78, 5) is 46.8. The summed E-state index contributed by atoms with van der Waals surface area (Å²) in [5.74, 6) is -0.355. The Morgan fingerprint density at radius 2 is 1.71 bits per heavy atom. The fourth-order valence-corrected chi connectivity index (χ4v) is 7.77. The third-order valence-electron chi connectivity index (χ3n) is 10.8. The molecule has 0 aliphatic carbocycles. The van der Waals surface area contributed by atoms with Crippen molar-refractivity contribution in [2.75, 3.05) is 49.8 Å². The number of methoxy groups -OCH3 is 1. The van der Waals surface area contributed by atoms with Crippen molar-refractivity contribution in [1.29, 1.82) is 0 Å². The van der Waals surface area contributed by atoms with Crippen molar-refractivity contribution in [3.05, 3.63) is 125 Å². The van der Waals surface area contributed by atoms with E-state index in [4.69, 9.17) is 9.47 Å². The molecule has 4 N–H and O–H groups in total. The second-order valence-corrected chi connectivity index (χ2v) is 14.7. The number of nitrogens with zero attached hydrogens (tertiary/aromatic N) is 3. The average Bonchev–Trinajstić information content (AvgIpc) is 3.44. The largest absolute Gasteiger partial charge is 0.497 e. The van der Waals surface area contributed by atoms with Gasteiger partial charge >= 0.3 is 0 Å². The Morgan fingerprint density at radius 1 is 0.948 bits per heavy atom. The lowest BCUT2D eigenvalue weighted by atomic mass is 9.83. The molecule has 58 heavy (non-hydrogen) atoms. The Bertz CT molecular complexity index is 2090. The van der Waals surface area contributed by atoms with Gasteiger partial charge in [-0.3, -0.25) is 19.3 Å². The normalized spacial score (nSPS) is 18.0. The molecule has 0 spiro atoms. The van der Waals surface area contributed by atoms with Crippen LogP contribution < -0.4 is 24.6 Å². The van der Waals surface area contributed by atoms with Crippen LogP contribution in [0.15, 0.2) is 103 Å². The first kappa shape index (κ1) is 42.1. The van der Waals surface area contributed by atoms with Gasteiger partial charge in [-0.2, -0.15) is 0 Å². The van der Waals surface area contributed by atoms with E-state index in [0.29, 0.717) is 55.2 Å². The molecule has 0 fully saturated rings. The Kier molecular flexibility index (Phi) is 14.0. The summed E-state index contributed by atoms with van der Waals surface area (Å²) in [7, 11) is 1.52. The summed E-state index contributed by atoms with van der Waals surface area (Å²) in [6.07, 6.45) is 5.23. The van der Waals surface area contributed by atoms with Crippen molar-refractivity contribution < 1.29 is 39.2 Å². The number of benzene rings is 4. The Labute approximate surface area is 340 Å². The summed E-state index contributed by atoms with van der Waals surface area (Å²) in [6, 6.07) is 27.5. The van der Waals surface area contributed by atoms with Crippen molar-refractivity contribution >= 4 is 34.8 Å². The van der Waals surface area contributed by atoms with Gasteiger partial charge in [-0.15, -0.1) is 0 Å². The summed E-state index contributed by atoms with van der Waals surface area (Å²) < 4.78 is 11.3. The van der Waals surface area contributed by atoms with Gasteiger partial charge in [0.2, 0.25) is 11.8 Å². The minimum absolute atomic E-state index is 0.0211. The molecule has 1 unspecified atom stereocenters. The number of ether oxygens (including phenoxy) is 2. The molecule has 0 radical (unpaired) electrons. The van der Waals surface area contributed by atoms with Crippen LogP contribution in [0.2, 0.25) is 0 Å². The smallest absolute Gasteiger partial charge is 0.264 e. The van der Waals surface area contributed by atoms with Gasteiger partial charge < -0.3 is 39.9 Å².